The van der Waals surface area contributed by atoms with Crippen LogP contribution in [0.5, 0.6) is 0 Å². The highest BCUT2D eigenvalue weighted by molar-refractivity contribution is 7.09. The molecule has 0 fully saturated rings. The van der Waals surface area contributed by atoms with Gasteiger partial charge in [0.15, 0.2) is 6.61 Å². The van der Waals surface area contributed by atoms with E-state index in [9.17, 15) is 9.59 Å². The van der Waals surface area contributed by atoms with E-state index in [0.717, 1.165) is 21.8 Å². The van der Waals surface area contributed by atoms with Crippen molar-refractivity contribution in [3.05, 3.63) is 64.0 Å². The summed E-state index contributed by atoms with van der Waals surface area (Å²) < 4.78 is 6.72. The molecular formula is C20H21N3O3S. The number of nitrogens with zero attached hydrogens (tertiary/aromatic N) is 2. The third-order valence-corrected chi connectivity index (χ3v) is 4.83. The molecule has 140 valence electrons. The summed E-state index contributed by atoms with van der Waals surface area (Å²) >= 11 is 1.60. The predicted octanol–water partition coefficient (Wildman–Crippen LogP) is 3.67. The number of rotatable bonds is 7. The van der Waals surface area contributed by atoms with Crippen molar-refractivity contribution in [2.45, 2.75) is 26.7 Å². The normalized spacial score (nSPS) is 10.6. The Kier molecular flexibility index (Phi) is 6.03. The molecule has 0 saturated carbocycles. The molecule has 0 spiro atoms. The van der Waals surface area contributed by atoms with Crippen LogP contribution in [-0.4, -0.2) is 28.3 Å². The Balaban J connectivity index is 1.55. The topological polar surface area (TPSA) is 73.2 Å². The molecule has 7 heteroatoms. The van der Waals surface area contributed by atoms with E-state index in [1.165, 1.54) is 0 Å². The van der Waals surface area contributed by atoms with Gasteiger partial charge in [0.2, 0.25) is 0 Å². The van der Waals surface area contributed by atoms with Crippen LogP contribution in [0.2, 0.25) is 0 Å². The lowest BCUT2D eigenvalue weighted by Gasteiger charge is -2.09. The average molecular weight is 383 g/mol. The largest absolute Gasteiger partial charge is 0.456 e. The molecule has 0 unspecified atom stereocenters. The number of hydrogen-bond acceptors (Lipinski definition) is 5. The van der Waals surface area contributed by atoms with Gasteiger partial charge >= 0.3 is 5.97 Å². The summed E-state index contributed by atoms with van der Waals surface area (Å²) in [6.45, 7) is 3.54. The first-order valence-electron chi connectivity index (χ1n) is 8.63. The lowest BCUT2D eigenvalue weighted by Crippen LogP contribution is -2.22. The number of esters is 1. The van der Waals surface area contributed by atoms with Gasteiger partial charge in [-0.3, -0.25) is 9.59 Å². The Hall–Kier alpha value is -2.93. The Bertz CT molecular complexity index is 915. The van der Waals surface area contributed by atoms with E-state index < -0.39 is 5.91 Å². The maximum Gasteiger partial charge on any atom is 0.306 e. The Morgan fingerprint density at radius 2 is 1.96 bits per heavy atom. The molecule has 0 aliphatic carbocycles. The van der Waals surface area contributed by atoms with E-state index in [4.69, 9.17) is 4.74 Å². The van der Waals surface area contributed by atoms with E-state index in [1.807, 2.05) is 55.6 Å². The number of amides is 1. The van der Waals surface area contributed by atoms with Crippen LogP contribution in [0.4, 0.5) is 5.82 Å². The molecule has 0 saturated heterocycles. The number of hydrogen-bond donors (Lipinski definition) is 1. The highest BCUT2D eigenvalue weighted by Crippen LogP contribution is 2.17. The maximum absolute atomic E-state index is 12.2. The monoisotopic (exact) mass is 383 g/mol. The van der Waals surface area contributed by atoms with Crippen LogP contribution in [0.1, 0.15) is 22.6 Å². The van der Waals surface area contributed by atoms with Crippen molar-refractivity contribution in [3.63, 3.8) is 0 Å². The molecule has 3 rings (SSSR count). The number of nitrogens with one attached hydrogen (secondary N) is 1. The average Bonchev–Trinajstić information content (AvgIpc) is 3.28. The number of carbonyl (C=O) groups is 2. The molecule has 0 bridgehead atoms. The van der Waals surface area contributed by atoms with Gasteiger partial charge in [0, 0.05) is 10.9 Å². The summed E-state index contributed by atoms with van der Waals surface area (Å²) in [4.78, 5) is 25.1. The van der Waals surface area contributed by atoms with Crippen molar-refractivity contribution in [3.8, 4) is 5.69 Å². The molecule has 6 nitrogen and oxygen atoms in total. The molecule has 0 aliphatic rings. The fourth-order valence-corrected chi connectivity index (χ4v) is 3.26. The lowest BCUT2D eigenvalue weighted by molar-refractivity contribution is -0.147. The van der Waals surface area contributed by atoms with Gasteiger partial charge in [-0.2, -0.15) is 5.10 Å². The predicted molar refractivity (Wildman–Crippen MR) is 105 cm³/mol. The van der Waals surface area contributed by atoms with Crippen molar-refractivity contribution >= 4 is 29.0 Å². The number of ether oxygens (including phenoxy) is 1. The summed E-state index contributed by atoms with van der Waals surface area (Å²) in [7, 11) is 0. The van der Waals surface area contributed by atoms with Gasteiger partial charge in [-0.25, -0.2) is 4.68 Å². The van der Waals surface area contributed by atoms with E-state index in [2.05, 4.69) is 10.4 Å². The Morgan fingerprint density at radius 3 is 2.67 bits per heavy atom. The second-order valence-corrected chi connectivity index (χ2v) is 7.24. The number of anilines is 1. The second kappa shape index (κ2) is 8.64. The smallest absolute Gasteiger partial charge is 0.306 e. The van der Waals surface area contributed by atoms with E-state index in [-0.39, 0.29) is 19.0 Å². The fourth-order valence-electron chi connectivity index (χ4n) is 2.55. The SMILES string of the molecule is Cc1ccc(-n2nc(C)cc2NC(=O)COC(=O)CCc2cccs2)cc1. The van der Waals surface area contributed by atoms with E-state index in [0.29, 0.717) is 12.2 Å². The quantitative estimate of drug-likeness (QED) is 0.632. The fraction of sp³-hybridized carbons (Fsp3) is 0.250. The van der Waals surface area contributed by atoms with Crippen molar-refractivity contribution in [1.82, 2.24) is 9.78 Å². The third-order valence-electron chi connectivity index (χ3n) is 3.90. The minimum atomic E-state index is -0.396. The standard InChI is InChI=1S/C20H21N3O3S/c1-14-5-7-16(8-6-14)23-18(12-15(2)22-23)21-19(24)13-26-20(25)10-9-17-4-3-11-27-17/h3-8,11-12H,9-10,13H2,1-2H3,(H,21,24). The summed E-state index contributed by atoms with van der Waals surface area (Å²) in [6.07, 6.45) is 0.881. The summed E-state index contributed by atoms with van der Waals surface area (Å²) in [5.41, 5.74) is 2.76. The van der Waals surface area contributed by atoms with Crippen LogP contribution in [-0.2, 0) is 20.7 Å². The number of thiophene rings is 1. The second-order valence-electron chi connectivity index (χ2n) is 6.21. The van der Waals surface area contributed by atoms with E-state index in [1.54, 1.807) is 22.1 Å². The van der Waals surface area contributed by atoms with Gasteiger partial charge in [-0.15, -0.1) is 11.3 Å². The molecule has 3 aromatic rings. The minimum absolute atomic E-state index is 0.258. The molecule has 2 aromatic heterocycles. The number of aryl methyl sites for hydroxylation is 3. The molecular weight excluding hydrogens is 362 g/mol. The Labute approximate surface area is 161 Å². The van der Waals surface area contributed by atoms with Crippen LogP contribution in [0.3, 0.4) is 0 Å². The van der Waals surface area contributed by atoms with Crippen LogP contribution < -0.4 is 5.32 Å². The first kappa shape index (κ1) is 18.8. The molecule has 2 heterocycles. The van der Waals surface area contributed by atoms with Crippen LogP contribution in [0, 0.1) is 13.8 Å². The van der Waals surface area contributed by atoms with E-state index >= 15 is 0 Å². The van der Waals surface area contributed by atoms with Crippen LogP contribution in [0.15, 0.2) is 47.8 Å². The molecule has 1 amide bonds. The number of benzene rings is 1. The molecule has 0 radical (unpaired) electrons. The molecule has 0 aliphatic heterocycles. The number of aromatic nitrogens is 2. The van der Waals surface area contributed by atoms with Crippen molar-refractivity contribution < 1.29 is 14.3 Å². The van der Waals surface area contributed by atoms with Gasteiger partial charge in [0.25, 0.3) is 5.91 Å². The summed E-state index contributed by atoms with van der Waals surface area (Å²) in [5.74, 6) is -0.245. The highest BCUT2D eigenvalue weighted by atomic mass is 32.1. The van der Waals surface area contributed by atoms with Crippen LogP contribution in [0.25, 0.3) is 5.69 Å². The lowest BCUT2D eigenvalue weighted by atomic mass is 10.2. The molecule has 0 atom stereocenters. The number of carbonyl (C=O) groups excluding carboxylic acids is 2. The van der Waals surface area contributed by atoms with Crippen molar-refractivity contribution in [1.29, 1.82) is 0 Å². The van der Waals surface area contributed by atoms with Gasteiger partial charge < -0.3 is 10.1 Å². The highest BCUT2D eigenvalue weighted by Gasteiger charge is 2.13. The van der Waals surface area contributed by atoms with Gasteiger partial charge in [-0.1, -0.05) is 23.8 Å². The zero-order chi connectivity index (χ0) is 19.2. The minimum Gasteiger partial charge on any atom is -0.456 e. The summed E-state index contributed by atoms with van der Waals surface area (Å²) in [6, 6.07) is 13.5. The molecule has 1 N–H and O–H groups in total. The van der Waals surface area contributed by atoms with Crippen molar-refractivity contribution in [2.24, 2.45) is 0 Å². The van der Waals surface area contributed by atoms with Gasteiger partial charge in [0.05, 0.1) is 17.8 Å². The first-order chi connectivity index (χ1) is 13.0. The zero-order valence-corrected chi connectivity index (χ0v) is 16.1. The molecule has 1 aromatic carbocycles. The first-order valence-corrected chi connectivity index (χ1v) is 9.51. The summed E-state index contributed by atoms with van der Waals surface area (Å²) in [5, 5.41) is 9.13. The van der Waals surface area contributed by atoms with Crippen molar-refractivity contribution in [2.75, 3.05) is 11.9 Å². The third kappa shape index (κ3) is 5.27. The zero-order valence-electron chi connectivity index (χ0n) is 15.3. The maximum atomic E-state index is 12.2. The van der Waals surface area contributed by atoms with Crippen LogP contribution >= 0.6 is 11.3 Å². The van der Waals surface area contributed by atoms with Gasteiger partial charge in [0.1, 0.15) is 5.82 Å². The Morgan fingerprint density at radius 1 is 1.19 bits per heavy atom. The van der Waals surface area contributed by atoms with Gasteiger partial charge in [-0.05, 0) is 43.8 Å². The molecule has 27 heavy (non-hydrogen) atoms.